The van der Waals surface area contributed by atoms with Crippen LogP contribution in [0.4, 0.5) is 0 Å². The summed E-state index contributed by atoms with van der Waals surface area (Å²) >= 11 is 0. The topological polar surface area (TPSA) is 84.9 Å². The molecule has 0 aromatic carbocycles. The second-order valence-corrected chi connectivity index (χ2v) is 9.19. The third-order valence-electron chi connectivity index (χ3n) is 7.63. The maximum absolute atomic E-state index is 12.3. The highest BCUT2D eigenvalue weighted by molar-refractivity contribution is 5.91. The highest BCUT2D eigenvalue weighted by Gasteiger charge is 2.63. The van der Waals surface area contributed by atoms with Gasteiger partial charge in [-0.3, -0.25) is 4.79 Å². The molecule has 0 bridgehead atoms. The molecular formula is C20H29NO5. The van der Waals surface area contributed by atoms with Gasteiger partial charge in [0.15, 0.2) is 0 Å². The maximum Gasteiger partial charge on any atom is 0.336 e. The van der Waals surface area contributed by atoms with Gasteiger partial charge in [-0.25, -0.2) is 4.79 Å². The van der Waals surface area contributed by atoms with Crippen molar-refractivity contribution in [3.05, 3.63) is 11.6 Å². The fourth-order valence-corrected chi connectivity index (χ4v) is 6.34. The molecule has 26 heavy (non-hydrogen) atoms. The van der Waals surface area contributed by atoms with Gasteiger partial charge in [0.2, 0.25) is 5.91 Å². The smallest absolute Gasteiger partial charge is 0.336 e. The lowest BCUT2D eigenvalue weighted by Gasteiger charge is -2.56. The molecule has 3 aliphatic heterocycles. The number of amides is 1. The van der Waals surface area contributed by atoms with Crippen LogP contribution in [-0.4, -0.2) is 47.4 Å². The van der Waals surface area contributed by atoms with E-state index in [0.717, 1.165) is 25.7 Å². The normalized spacial score (nSPS) is 48.2. The molecule has 6 atom stereocenters. The Kier molecular flexibility index (Phi) is 4.01. The van der Waals surface area contributed by atoms with Crippen LogP contribution < -0.4 is 5.32 Å². The zero-order chi connectivity index (χ0) is 18.7. The van der Waals surface area contributed by atoms with Gasteiger partial charge in [0, 0.05) is 6.42 Å². The predicted octanol–water partition coefficient (Wildman–Crippen LogP) is 1.71. The lowest BCUT2D eigenvalue weighted by atomic mass is 9.50. The van der Waals surface area contributed by atoms with E-state index in [1.165, 1.54) is 0 Å². The standard InChI is InChI=1S/C20H29NO5/c1-18-7-5-16(23)21-19(2,11-22)14(18)4-8-20(3)15(18)10-13(26-20)12-6-9-25-17(12)24/h6,13-15,22H,4-5,7-11H2,1-3H3,(H,21,23)/t13-,14-,15-,18+,19-,20+/m0/s1. The highest BCUT2D eigenvalue weighted by Crippen LogP contribution is 2.62. The Labute approximate surface area is 154 Å². The molecule has 6 nitrogen and oxygen atoms in total. The fraction of sp³-hybridized carbons (Fsp3) is 0.800. The predicted molar refractivity (Wildman–Crippen MR) is 94.1 cm³/mol. The minimum Gasteiger partial charge on any atom is -0.458 e. The molecule has 3 heterocycles. The van der Waals surface area contributed by atoms with E-state index in [9.17, 15) is 14.7 Å². The highest BCUT2D eigenvalue weighted by atomic mass is 16.5. The summed E-state index contributed by atoms with van der Waals surface area (Å²) in [6.07, 6.45) is 5.36. The van der Waals surface area contributed by atoms with Crippen LogP contribution in [-0.2, 0) is 19.1 Å². The second-order valence-electron chi connectivity index (χ2n) is 9.19. The minimum absolute atomic E-state index is 0.0106. The molecule has 0 aromatic heterocycles. The van der Waals surface area contributed by atoms with E-state index in [0.29, 0.717) is 18.6 Å². The number of carbonyl (C=O) groups excluding carboxylic acids is 2. The quantitative estimate of drug-likeness (QED) is 0.730. The lowest BCUT2D eigenvalue weighted by Crippen LogP contribution is -2.61. The molecule has 4 aliphatic rings. The van der Waals surface area contributed by atoms with Crippen molar-refractivity contribution in [1.82, 2.24) is 5.32 Å². The maximum atomic E-state index is 12.3. The van der Waals surface area contributed by atoms with Crippen LogP contribution >= 0.6 is 0 Å². The van der Waals surface area contributed by atoms with Crippen molar-refractivity contribution in [1.29, 1.82) is 0 Å². The average molecular weight is 363 g/mol. The van der Waals surface area contributed by atoms with Crippen molar-refractivity contribution in [3.63, 3.8) is 0 Å². The zero-order valence-corrected chi connectivity index (χ0v) is 15.8. The number of esters is 1. The Morgan fingerprint density at radius 3 is 2.65 bits per heavy atom. The molecule has 1 saturated carbocycles. The number of aliphatic hydroxyl groups is 1. The third kappa shape index (κ3) is 2.45. The van der Waals surface area contributed by atoms with Crippen molar-refractivity contribution in [3.8, 4) is 0 Å². The molecule has 4 rings (SSSR count). The molecule has 0 spiro atoms. The first-order valence-electron chi connectivity index (χ1n) is 9.69. The monoisotopic (exact) mass is 363 g/mol. The lowest BCUT2D eigenvalue weighted by molar-refractivity contribution is -0.141. The molecule has 0 aromatic rings. The first-order chi connectivity index (χ1) is 12.2. The Bertz CT molecular complexity index is 675. The van der Waals surface area contributed by atoms with E-state index in [-0.39, 0.29) is 47.4 Å². The number of fused-ring (bicyclic) bond motifs is 3. The first-order valence-corrected chi connectivity index (χ1v) is 9.69. The second kappa shape index (κ2) is 5.80. The molecule has 2 N–H and O–H groups in total. The van der Waals surface area contributed by atoms with E-state index in [1.54, 1.807) is 0 Å². The molecule has 0 unspecified atom stereocenters. The summed E-state index contributed by atoms with van der Waals surface area (Å²) in [7, 11) is 0. The van der Waals surface area contributed by atoms with Gasteiger partial charge in [-0.15, -0.1) is 0 Å². The van der Waals surface area contributed by atoms with E-state index in [2.05, 4.69) is 19.2 Å². The number of cyclic esters (lactones) is 1. The van der Waals surface area contributed by atoms with Crippen molar-refractivity contribution in [2.75, 3.05) is 13.2 Å². The van der Waals surface area contributed by atoms with Crippen molar-refractivity contribution in [2.24, 2.45) is 17.3 Å². The first kappa shape index (κ1) is 18.0. The number of rotatable bonds is 2. The molecule has 3 fully saturated rings. The molecule has 6 heteroatoms. The van der Waals surface area contributed by atoms with Crippen molar-refractivity contribution in [2.45, 2.75) is 70.1 Å². The minimum atomic E-state index is -0.618. The molecular weight excluding hydrogens is 334 g/mol. The summed E-state index contributed by atoms with van der Waals surface area (Å²) < 4.78 is 11.5. The SMILES string of the molecule is C[C@@]12CCC(=O)N[C@@](C)(CO)[C@H]1CC[C@@]1(C)O[C@H](C3=CCOC3=O)C[C@@H]21. The molecule has 1 amide bonds. The van der Waals surface area contributed by atoms with Crippen LogP contribution in [0.5, 0.6) is 0 Å². The summed E-state index contributed by atoms with van der Waals surface area (Å²) in [6, 6.07) is 0. The summed E-state index contributed by atoms with van der Waals surface area (Å²) in [5, 5.41) is 13.2. The zero-order valence-electron chi connectivity index (χ0n) is 15.8. The van der Waals surface area contributed by atoms with Gasteiger partial charge in [0.25, 0.3) is 0 Å². The molecule has 1 aliphatic carbocycles. The summed E-state index contributed by atoms with van der Waals surface area (Å²) in [4.78, 5) is 24.3. The van der Waals surface area contributed by atoms with Gasteiger partial charge in [0.1, 0.15) is 6.61 Å². The number of aliphatic hydroxyl groups excluding tert-OH is 1. The van der Waals surface area contributed by atoms with Crippen molar-refractivity contribution < 1.29 is 24.2 Å². The van der Waals surface area contributed by atoms with Crippen LogP contribution in [0, 0.1) is 17.3 Å². The average Bonchev–Trinajstić information content (AvgIpc) is 3.14. The van der Waals surface area contributed by atoms with Gasteiger partial charge in [0.05, 0.1) is 29.4 Å². The van der Waals surface area contributed by atoms with Gasteiger partial charge < -0.3 is 19.9 Å². The van der Waals surface area contributed by atoms with Gasteiger partial charge in [-0.1, -0.05) is 6.92 Å². The third-order valence-corrected chi connectivity index (χ3v) is 7.63. The Morgan fingerprint density at radius 1 is 1.23 bits per heavy atom. The van der Waals surface area contributed by atoms with E-state index >= 15 is 0 Å². The number of hydrogen-bond acceptors (Lipinski definition) is 5. The molecule has 144 valence electrons. The Balaban J connectivity index is 1.70. The molecule has 0 radical (unpaired) electrons. The summed E-state index contributed by atoms with van der Waals surface area (Å²) in [5.41, 5.74) is -0.425. The summed E-state index contributed by atoms with van der Waals surface area (Å²) in [6.45, 7) is 6.63. The van der Waals surface area contributed by atoms with Crippen LogP contribution in [0.15, 0.2) is 11.6 Å². The van der Waals surface area contributed by atoms with Gasteiger partial charge in [-0.2, -0.15) is 0 Å². The Morgan fingerprint density at radius 2 is 2.00 bits per heavy atom. The largest absolute Gasteiger partial charge is 0.458 e. The number of hydrogen-bond donors (Lipinski definition) is 2. The van der Waals surface area contributed by atoms with Gasteiger partial charge in [-0.05, 0) is 62.9 Å². The van der Waals surface area contributed by atoms with Crippen LogP contribution in [0.1, 0.15) is 52.9 Å². The van der Waals surface area contributed by atoms with E-state index < -0.39 is 5.54 Å². The number of nitrogens with one attached hydrogen (secondary N) is 1. The summed E-state index contributed by atoms with van der Waals surface area (Å²) in [5.74, 6) is 0.149. The van der Waals surface area contributed by atoms with Crippen LogP contribution in [0.3, 0.4) is 0 Å². The van der Waals surface area contributed by atoms with Crippen LogP contribution in [0.25, 0.3) is 0 Å². The van der Waals surface area contributed by atoms with Gasteiger partial charge >= 0.3 is 5.97 Å². The fourth-order valence-electron chi connectivity index (χ4n) is 6.34. The van der Waals surface area contributed by atoms with E-state index in [1.807, 2.05) is 13.0 Å². The van der Waals surface area contributed by atoms with Crippen molar-refractivity contribution >= 4 is 11.9 Å². The van der Waals surface area contributed by atoms with Crippen LogP contribution in [0.2, 0.25) is 0 Å². The van der Waals surface area contributed by atoms with E-state index in [4.69, 9.17) is 9.47 Å². The number of carbonyl (C=O) groups is 2. The Hall–Kier alpha value is -1.40. The number of ether oxygens (including phenoxy) is 2. The molecule has 2 saturated heterocycles.